The molecular formula is C16H25NO. The molecule has 1 fully saturated rings. The smallest absolute Gasteiger partial charge is 0.0720 e. The van der Waals surface area contributed by atoms with Crippen LogP contribution in [-0.4, -0.2) is 11.6 Å². The van der Waals surface area contributed by atoms with E-state index in [0.717, 1.165) is 13.2 Å². The molecule has 2 nitrogen and oxygen atoms in total. The Kier molecular flexibility index (Phi) is 4.41. The van der Waals surface area contributed by atoms with Crippen LogP contribution in [0.5, 0.6) is 0 Å². The molecule has 1 aliphatic carbocycles. The van der Waals surface area contributed by atoms with Gasteiger partial charge in [-0.2, -0.15) is 0 Å². The van der Waals surface area contributed by atoms with Gasteiger partial charge in [0.15, 0.2) is 0 Å². The van der Waals surface area contributed by atoms with E-state index in [2.05, 4.69) is 50.4 Å². The summed E-state index contributed by atoms with van der Waals surface area (Å²) in [5.41, 5.74) is 2.79. The zero-order valence-electron chi connectivity index (χ0n) is 11.8. The molecule has 1 saturated carbocycles. The van der Waals surface area contributed by atoms with E-state index in [4.69, 9.17) is 4.74 Å². The maximum atomic E-state index is 5.84. The van der Waals surface area contributed by atoms with Gasteiger partial charge in [-0.3, -0.25) is 0 Å². The van der Waals surface area contributed by atoms with Gasteiger partial charge in [0.05, 0.1) is 12.7 Å². The number of ether oxygens (including phenoxy) is 1. The van der Waals surface area contributed by atoms with Crippen molar-refractivity contribution in [2.24, 2.45) is 0 Å². The fraction of sp³-hybridized carbons (Fsp3) is 0.625. The minimum Gasteiger partial charge on any atom is -0.374 e. The Morgan fingerprint density at radius 1 is 1.22 bits per heavy atom. The van der Waals surface area contributed by atoms with Gasteiger partial charge in [0.2, 0.25) is 0 Å². The molecule has 0 bridgehead atoms. The van der Waals surface area contributed by atoms with E-state index in [-0.39, 0.29) is 5.54 Å². The lowest BCUT2D eigenvalue weighted by Crippen LogP contribution is -2.35. The molecule has 0 aliphatic heterocycles. The lowest BCUT2D eigenvalue weighted by atomic mass is 9.96. The molecule has 1 aromatic rings. The maximum absolute atomic E-state index is 5.84. The molecule has 0 unspecified atom stereocenters. The van der Waals surface area contributed by atoms with Crippen LogP contribution in [-0.2, 0) is 17.9 Å². The van der Waals surface area contributed by atoms with Crippen LogP contribution >= 0.6 is 0 Å². The summed E-state index contributed by atoms with van der Waals surface area (Å²) in [7, 11) is 0. The van der Waals surface area contributed by atoms with Crippen LogP contribution in [0.25, 0.3) is 0 Å². The Labute approximate surface area is 111 Å². The molecule has 0 spiro atoms. The Balaban J connectivity index is 1.84. The van der Waals surface area contributed by atoms with Gasteiger partial charge in [-0.15, -0.1) is 0 Å². The van der Waals surface area contributed by atoms with E-state index in [0.29, 0.717) is 6.10 Å². The summed E-state index contributed by atoms with van der Waals surface area (Å²) < 4.78 is 5.84. The maximum Gasteiger partial charge on any atom is 0.0720 e. The van der Waals surface area contributed by atoms with E-state index in [1.807, 2.05) is 0 Å². The number of hydrogen-bond acceptors (Lipinski definition) is 2. The molecule has 2 rings (SSSR count). The molecule has 0 amide bonds. The van der Waals surface area contributed by atoms with Gasteiger partial charge in [-0.05, 0) is 51.2 Å². The topological polar surface area (TPSA) is 21.3 Å². The first-order chi connectivity index (χ1) is 8.53. The summed E-state index contributed by atoms with van der Waals surface area (Å²) >= 11 is 0. The molecule has 0 heterocycles. The fourth-order valence-electron chi connectivity index (χ4n) is 1.95. The van der Waals surface area contributed by atoms with Crippen LogP contribution < -0.4 is 5.32 Å². The number of hydrogen-bond donors (Lipinski definition) is 1. The first-order valence-corrected chi connectivity index (χ1v) is 6.97. The molecule has 18 heavy (non-hydrogen) atoms. The molecule has 2 heteroatoms. The van der Waals surface area contributed by atoms with Gasteiger partial charge in [-0.1, -0.05) is 24.3 Å². The van der Waals surface area contributed by atoms with Crippen LogP contribution in [0.2, 0.25) is 0 Å². The second kappa shape index (κ2) is 5.85. The van der Waals surface area contributed by atoms with Crippen molar-refractivity contribution in [3.8, 4) is 0 Å². The summed E-state index contributed by atoms with van der Waals surface area (Å²) in [5, 5.41) is 3.51. The molecule has 1 N–H and O–H groups in total. The molecular weight excluding hydrogens is 222 g/mol. The van der Waals surface area contributed by atoms with E-state index in [9.17, 15) is 0 Å². The van der Waals surface area contributed by atoms with Crippen molar-refractivity contribution in [2.45, 2.75) is 64.8 Å². The highest BCUT2D eigenvalue weighted by Crippen LogP contribution is 2.23. The van der Waals surface area contributed by atoms with Crippen molar-refractivity contribution in [1.29, 1.82) is 0 Å². The van der Waals surface area contributed by atoms with Gasteiger partial charge in [-0.25, -0.2) is 0 Å². The second-order valence-electron chi connectivity index (χ2n) is 6.29. The quantitative estimate of drug-likeness (QED) is 0.857. The first kappa shape index (κ1) is 13.6. The number of nitrogens with one attached hydrogen (secondary N) is 1. The lowest BCUT2D eigenvalue weighted by molar-refractivity contribution is -0.00868. The minimum absolute atomic E-state index is 0.165. The Hall–Kier alpha value is -0.860. The fourth-order valence-corrected chi connectivity index (χ4v) is 1.95. The standard InChI is InChI=1S/C16H25NO/c1-16(2,3)17-11-13-6-4-7-14(10-13)12-18-15-8-5-9-15/h4,6-7,10,15,17H,5,8-9,11-12H2,1-3H3. The molecule has 0 aromatic heterocycles. The first-order valence-electron chi connectivity index (χ1n) is 6.97. The second-order valence-corrected chi connectivity index (χ2v) is 6.29. The molecule has 0 radical (unpaired) electrons. The Bertz CT molecular complexity index is 377. The van der Waals surface area contributed by atoms with Gasteiger partial charge in [0, 0.05) is 12.1 Å². The third-order valence-electron chi connectivity index (χ3n) is 3.35. The van der Waals surface area contributed by atoms with Gasteiger partial charge in [0.25, 0.3) is 0 Å². The monoisotopic (exact) mass is 247 g/mol. The summed E-state index contributed by atoms with van der Waals surface area (Å²) in [6.07, 6.45) is 4.33. The van der Waals surface area contributed by atoms with Crippen molar-refractivity contribution >= 4 is 0 Å². The van der Waals surface area contributed by atoms with Crippen molar-refractivity contribution in [3.05, 3.63) is 35.4 Å². The highest BCUT2D eigenvalue weighted by atomic mass is 16.5. The third-order valence-corrected chi connectivity index (χ3v) is 3.35. The third kappa shape index (κ3) is 4.43. The summed E-state index contributed by atoms with van der Waals surface area (Å²) in [6.45, 7) is 8.25. The van der Waals surface area contributed by atoms with E-state index < -0.39 is 0 Å². The average molecular weight is 247 g/mol. The van der Waals surface area contributed by atoms with E-state index in [1.54, 1.807) is 0 Å². The van der Waals surface area contributed by atoms with Crippen LogP contribution in [0.3, 0.4) is 0 Å². The van der Waals surface area contributed by atoms with Crippen LogP contribution in [0, 0.1) is 0 Å². The molecule has 0 atom stereocenters. The largest absolute Gasteiger partial charge is 0.374 e. The van der Waals surface area contributed by atoms with Gasteiger partial charge in [0.1, 0.15) is 0 Å². The Morgan fingerprint density at radius 3 is 2.56 bits per heavy atom. The van der Waals surface area contributed by atoms with E-state index in [1.165, 1.54) is 30.4 Å². The zero-order valence-corrected chi connectivity index (χ0v) is 11.8. The highest BCUT2D eigenvalue weighted by Gasteiger charge is 2.17. The van der Waals surface area contributed by atoms with Crippen molar-refractivity contribution in [1.82, 2.24) is 5.32 Å². The van der Waals surface area contributed by atoms with Crippen molar-refractivity contribution in [3.63, 3.8) is 0 Å². The van der Waals surface area contributed by atoms with E-state index >= 15 is 0 Å². The van der Waals surface area contributed by atoms with Crippen molar-refractivity contribution in [2.75, 3.05) is 0 Å². The molecule has 1 aromatic carbocycles. The molecule has 0 saturated heterocycles. The SMILES string of the molecule is CC(C)(C)NCc1cccc(COC2CCC2)c1. The number of rotatable bonds is 5. The highest BCUT2D eigenvalue weighted by molar-refractivity contribution is 5.23. The number of benzene rings is 1. The van der Waals surface area contributed by atoms with Crippen LogP contribution in [0.1, 0.15) is 51.2 Å². The van der Waals surface area contributed by atoms with Crippen LogP contribution in [0.4, 0.5) is 0 Å². The predicted octanol–water partition coefficient (Wildman–Crippen LogP) is 3.64. The minimum atomic E-state index is 0.165. The van der Waals surface area contributed by atoms with Gasteiger partial charge >= 0.3 is 0 Å². The lowest BCUT2D eigenvalue weighted by Gasteiger charge is -2.25. The average Bonchev–Trinajstić information content (AvgIpc) is 2.24. The zero-order chi connectivity index (χ0) is 13.0. The summed E-state index contributed by atoms with van der Waals surface area (Å²) in [5.74, 6) is 0. The Morgan fingerprint density at radius 2 is 1.94 bits per heavy atom. The van der Waals surface area contributed by atoms with Gasteiger partial charge < -0.3 is 10.1 Å². The normalized spacial score (nSPS) is 16.6. The van der Waals surface area contributed by atoms with Crippen LogP contribution in [0.15, 0.2) is 24.3 Å². The summed E-state index contributed by atoms with van der Waals surface area (Å²) in [6, 6.07) is 8.70. The molecule has 1 aliphatic rings. The molecule has 100 valence electrons. The predicted molar refractivity (Wildman–Crippen MR) is 75.5 cm³/mol. The van der Waals surface area contributed by atoms with Crippen molar-refractivity contribution < 1.29 is 4.74 Å². The summed E-state index contributed by atoms with van der Waals surface area (Å²) in [4.78, 5) is 0.